The average Bonchev–Trinajstić information content (AvgIpc) is 2.97. The standard InChI is InChI=1S/C17H14N4/c18-9-14-3-1-2-4-15(14)11-21-12-16(10-20-21)13-5-7-17(19)8-6-13/h1-8,10,12H,11,19H2. The highest BCUT2D eigenvalue weighted by atomic mass is 15.3. The maximum atomic E-state index is 9.11. The lowest BCUT2D eigenvalue weighted by molar-refractivity contribution is 0.686. The van der Waals surface area contributed by atoms with Crippen LogP contribution in [0.3, 0.4) is 0 Å². The number of rotatable bonds is 3. The first-order valence-corrected chi connectivity index (χ1v) is 6.62. The van der Waals surface area contributed by atoms with Gasteiger partial charge in [0, 0.05) is 17.4 Å². The molecule has 2 N–H and O–H groups in total. The fourth-order valence-corrected chi connectivity index (χ4v) is 2.22. The smallest absolute Gasteiger partial charge is 0.0995 e. The van der Waals surface area contributed by atoms with Crippen molar-refractivity contribution >= 4 is 5.69 Å². The molecule has 0 amide bonds. The molecule has 4 nitrogen and oxygen atoms in total. The van der Waals surface area contributed by atoms with Gasteiger partial charge in [0.2, 0.25) is 0 Å². The molecule has 0 aliphatic heterocycles. The molecule has 0 saturated carbocycles. The fourth-order valence-electron chi connectivity index (χ4n) is 2.22. The zero-order valence-electron chi connectivity index (χ0n) is 11.4. The van der Waals surface area contributed by atoms with E-state index in [1.54, 1.807) is 0 Å². The Morgan fingerprint density at radius 1 is 1.05 bits per heavy atom. The molecule has 2 aromatic carbocycles. The summed E-state index contributed by atoms with van der Waals surface area (Å²) in [6.45, 7) is 0.582. The second kappa shape index (κ2) is 5.51. The quantitative estimate of drug-likeness (QED) is 0.746. The molecule has 1 heterocycles. The van der Waals surface area contributed by atoms with E-state index in [2.05, 4.69) is 11.2 Å². The lowest BCUT2D eigenvalue weighted by atomic mass is 10.1. The Kier molecular flexibility index (Phi) is 3.40. The molecule has 0 aliphatic rings. The van der Waals surface area contributed by atoms with Gasteiger partial charge in [-0.1, -0.05) is 30.3 Å². The molecule has 102 valence electrons. The van der Waals surface area contributed by atoms with E-state index >= 15 is 0 Å². The summed E-state index contributed by atoms with van der Waals surface area (Å²) in [6, 6.07) is 17.5. The molecule has 0 bridgehead atoms. The molecule has 3 aromatic rings. The van der Waals surface area contributed by atoms with Crippen molar-refractivity contribution in [3.05, 3.63) is 72.1 Å². The van der Waals surface area contributed by atoms with Crippen LogP contribution < -0.4 is 5.73 Å². The summed E-state index contributed by atoms with van der Waals surface area (Å²) >= 11 is 0. The van der Waals surface area contributed by atoms with Crippen molar-refractivity contribution < 1.29 is 0 Å². The first kappa shape index (κ1) is 12.9. The largest absolute Gasteiger partial charge is 0.399 e. The number of nitrogens with zero attached hydrogens (tertiary/aromatic N) is 3. The molecule has 0 spiro atoms. The number of nitriles is 1. The van der Waals surface area contributed by atoms with Gasteiger partial charge in [0.05, 0.1) is 24.4 Å². The second-order valence-corrected chi connectivity index (χ2v) is 4.82. The van der Waals surface area contributed by atoms with E-state index in [1.165, 1.54) is 0 Å². The Bertz CT molecular complexity index is 794. The lowest BCUT2D eigenvalue weighted by Gasteiger charge is -2.03. The Morgan fingerprint density at radius 3 is 2.57 bits per heavy atom. The van der Waals surface area contributed by atoms with Crippen molar-refractivity contribution in [1.29, 1.82) is 5.26 Å². The summed E-state index contributed by atoms with van der Waals surface area (Å²) in [7, 11) is 0. The Balaban J connectivity index is 1.86. The number of anilines is 1. The van der Waals surface area contributed by atoms with Crippen molar-refractivity contribution in [3.8, 4) is 17.2 Å². The third-order valence-electron chi connectivity index (χ3n) is 3.35. The molecule has 0 radical (unpaired) electrons. The molecule has 0 aliphatic carbocycles. The normalized spacial score (nSPS) is 10.2. The van der Waals surface area contributed by atoms with Gasteiger partial charge < -0.3 is 5.73 Å². The molecule has 21 heavy (non-hydrogen) atoms. The minimum atomic E-state index is 0.582. The van der Waals surface area contributed by atoms with Gasteiger partial charge in [-0.2, -0.15) is 10.4 Å². The monoisotopic (exact) mass is 274 g/mol. The van der Waals surface area contributed by atoms with E-state index < -0.39 is 0 Å². The minimum Gasteiger partial charge on any atom is -0.399 e. The summed E-state index contributed by atoms with van der Waals surface area (Å²) in [6.07, 6.45) is 3.79. The van der Waals surface area contributed by atoms with Crippen molar-refractivity contribution in [1.82, 2.24) is 9.78 Å². The zero-order chi connectivity index (χ0) is 14.7. The molecule has 0 fully saturated rings. The molecule has 3 rings (SSSR count). The number of aromatic nitrogens is 2. The van der Waals surface area contributed by atoms with E-state index in [4.69, 9.17) is 11.0 Å². The van der Waals surface area contributed by atoms with Crippen molar-refractivity contribution in [2.24, 2.45) is 0 Å². The molecular formula is C17H14N4. The van der Waals surface area contributed by atoms with Crippen LogP contribution >= 0.6 is 0 Å². The van der Waals surface area contributed by atoms with Crippen molar-refractivity contribution in [2.45, 2.75) is 6.54 Å². The van der Waals surface area contributed by atoms with Gasteiger partial charge in [-0.15, -0.1) is 0 Å². The van der Waals surface area contributed by atoms with Crippen LogP contribution in [0.2, 0.25) is 0 Å². The number of nitrogens with two attached hydrogens (primary N) is 1. The first-order valence-electron chi connectivity index (χ1n) is 6.62. The van der Waals surface area contributed by atoms with Gasteiger partial charge in [0.15, 0.2) is 0 Å². The lowest BCUT2D eigenvalue weighted by Crippen LogP contribution is -2.01. The van der Waals surface area contributed by atoms with Gasteiger partial charge in [0.25, 0.3) is 0 Å². The maximum absolute atomic E-state index is 9.11. The number of benzene rings is 2. The number of hydrogen-bond acceptors (Lipinski definition) is 3. The Hall–Kier alpha value is -3.06. The summed E-state index contributed by atoms with van der Waals surface area (Å²) in [5, 5.41) is 13.5. The Morgan fingerprint density at radius 2 is 1.81 bits per heavy atom. The van der Waals surface area contributed by atoms with Crippen LogP contribution in [0, 0.1) is 11.3 Å². The highest BCUT2D eigenvalue weighted by Gasteiger charge is 2.05. The Labute approximate surface area is 123 Å². The molecule has 0 unspecified atom stereocenters. The van der Waals surface area contributed by atoms with Gasteiger partial charge in [-0.3, -0.25) is 4.68 Å². The second-order valence-electron chi connectivity index (χ2n) is 4.82. The van der Waals surface area contributed by atoms with Crippen molar-refractivity contribution in [2.75, 3.05) is 5.73 Å². The van der Waals surface area contributed by atoms with Crippen LogP contribution in [-0.4, -0.2) is 9.78 Å². The van der Waals surface area contributed by atoms with E-state index in [9.17, 15) is 0 Å². The summed E-state index contributed by atoms with van der Waals surface area (Å²) in [5.74, 6) is 0. The van der Waals surface area contributed by atoms with Crippen LogP contribution in [0.15, 0.2) is 60.9 Å². The predicted octanol–water partition coefficient (Wildman–Crippen LogP) is 3.05. The summed E-state index contributed by atoms with van der Waals surface area (Å²) in [5.41, 5.74) is 10.2. The topological polar surface area (TPSA) is 67.6 Å². The van der Waals surface area contributed by atoms with Gasteiger partial charge in [-0.05, 0) is 29.3 Å². The molecular weight excluding hydrogens is 260 g/mol. The third kappa shape index (κ3) is 2.77. The van der Waals surface area contributed by atoms with Crippen LogP contribution in [0.25, 0.3) is 11.1 Å². The number of nitrogen functional groups attached to an aromatic ring is 1. The average molecular weight is 274 g/mol. The van der Waals surface area contributed by atoms with E-state index in [0.29, 0.717) is 12.1 Å². The van der Waals surface area contributed by atoms with Crippen LogP contribution in [0.1, 0.15) is 11.1 Å². The summed E-state index contributed by atoms with van der Waals surface area (Å²) < 4.78 is 1.84. The van der Waals surface area contributed by atoms with Crippen LogP contribution in [-0.2, 0) is 6.54 Å². The van der Waals surface area contributed by atoms with Crippen LogP contribution in [0.4, 0.5) is 5.69 Å². The maximum Gasteiger partial charge on any atom is 0.0995 e. The van der Waals surface area contributed by atoms with Gasteiger partial charge in [0.1, 0.15) is 0 Å². The SMILES string of the molecule is N#Cc1ccccc1Cn1cc(-c2ccc(N)cc2)cn1. The highest BCUT2D eigenvalue weighted by Crippen LogP contribution is 2.20. The van der Waals surface area contributed by atoms with Crippen LogP contribution in [0.5, 0.6) is 0 Å². The first-order chi connectivity index (χ1) is 10.3. The number of hydrogen-bond donors (Lipinski definition) is 1. The van der Waals surface area contributed by atoms with Gasteiger partial charge in [-0.25, -0.2) is 0 Å². The van der Waals surface area contributed by atoms with Gasteiger partial charge >= 0.3 is 0 Å². The van der Waals surface area contributed by atoms with E-state index in [1.807, 2.05) is 65.6 Å². The molecule has 0 atom stereocenters. The van der Waals surface area contributed by atoms with Crippen molar-refractivity contribution in [3.63, 3.8) is 0 Å². The molecule has 0 saturated heterocycles. The third-order valence-corrected chi connectivity index (χ3v) is 3.35. The fraction of sp³-hybridized carbons (Fsp3) is 0.0588. The van der Waals surface area contributed by atoms with E-state index in [-0.39, 0.29) is 0 Å². The predicted molar refractivity (Wildman–Crippen MR) is 82.3 cm³/mol. The highest BCUT2D eigenvalue weighted by molar-refractivity contribution is 5.64. The molecule has 4 heteroatoms. The van der Waals surface area contributed by atoms with E-state index in [0.717, 1.165) is 22.4 Å². The molecule has 1 aromatic heterocycles. The minimum absolute atomic E-state index is 0.582. The summed E-state index contributed by atoms with van der Waals surface area (Å²) in [4.78, 5) is 0. The zero-order valence-corrected chi connectivity index (χ0v) is 11.4.